The molecule has 82 valence electrons. The SMILES string of the molecule is Cc1ccc(-n2cc[nH]c(=O)c2=O)cc1F. The summed E-state index contributed by atoms with van der Waals surface area (Å²) in [5.74, 6) is -0.412. The Morgan fingerprint density at radius 1 is 1.31 bits per heavy atom. The number of aryl methyl sites for hydroxylation is 1. The lowest BCUT2D eigenvalue weighted by molar-refractivity contribution is 0.617. The van der Waals surface area contributed by atoms with Gasteiger partial charge in [0.15, 0.2) is 0 Å². The van der Waals surface area contributed by atoms with E-state index in [9.17, 15) is 14.0 Å². The van der Waals surface area contributed by atoms with Crippen molar-refractivity contribution >= 4 is 0 Å². The van der Waals surface area contributed by atoms with Crippen LogP contribution in [0.5, 0.6) is 0 Å². The molecule has 2 rings (SSSR count). The van der Waals surface area contributed by atoms with Gasteiger partial charge in [0, 0.05) is 12.4 Å². The molecular weight excluding hydrogens is 211 g/mol. The largest absolute Gasteiger partial charge is 0.323 e. The third-order valence-electron chi connectivity index (χ3n) is 2.28. The van der Waals surface area contributed by atoms with Gasteiger partial charge < -0.3 is 4.98 Å². The van der Waals surface area contributed by atoms with Gasteiger partial charge >= 0.3 is 11.1 Å². The maximum absolute atomic E-state index is 13.3. The summed E-state index contributed by atoms with van der Waals surface area (Å²) in [5.41, 5.74) is -0.643. The van der Waals surface area contributed by atoms with Gasteiger partial charge in [0.05, 0.1) is 5.69 Å². The van der Waals surface area contributed by atoms with Gasteiger partial charge in [-0.3, -0.25) is 14.2 Å². The highest BCUT2D eigenvalue weighted by Crippen LogP contribution is 2.11. The first-order valence-electron chi connectivity index (χ1n) is 4.66. The summed E-state index contributed by atoms with van der Waals surface area (Å²) in [4.78, 5) is 24.8. The van der Waals surface area contributed by atoms with Gasteiger partial charge in [0.25, 0.3) is 0 Å². The van der Waals surface area contributed by atoms with E-state index < -0.39 is 16.9 Å². The Labute approximate surface area is 90.0 Å². The van der Waals surface area contributed by atoms with Crippen molar-refractivity contribution in [1.29, 1.82) is 0 Å². The fourth-order valence-electron chi connectivity index (χ4n) is 1.36. The molecule has 0 radical (unpaired) electrons. The Balaban J connectivity index is 2.68. The maximum Gasteiger partial charge on any atom is 0.320 e. The van der Waals surface area contributed by atoms with Gasteiger partial charge in [-0.05, 0) is 24.6 Å². The molecule has 5 heteroatoms. The van der Waals surface area contributed by atoms with Crippen molar-refractivity contribution in [1.82, 2.24) is 9.55 Å². The highest BCUT2D eigenvalue weighted by Gasteiger charge is 2.04. The Kier molecular flexibility index (Phi) is 2.44. The van der Waals surface area contributed by atoms with Gasteiger partial charge in [-0.15, -0.1) is 0 Å². The van der Waals surface area contributed by atoms with E-state index in [-0.39, 0.29) is 0 Å². The minimum absolute atomic E-state index is 0.333. The van der Waals surface area contributed by atoms with Crippen LogP contribution in [-0.4, -0.2) is 9.55 Å². The number of halogens is 1. The third-order valence-corrected chi connectivity index (χ3v) is 2.28. The zero-order chi connectivity index (χ0) is 11.7. The monoisotopic (exact) mass is 220 g/mol. The molecule has 1 heterocycles. The molecule has 0 amide bonds. The molecule has 0 aliphatic heterocycles. The van der Waals surface area contributed by atoms with E-state index in [1.807, 2.05) is 0 Å². The van der Waals surface area contributed by atoms with Crippen molar-refractivity contribution in [2.75, 3.05) is 0 Å². The minimum atomic E-state index is -0.733. The van der Waals surface area contributed by atoms with Crippen LogP contribution in [0.15, 0.2) is 40.2 Å². The number of rotatable bonds is 1. The molecule has 0 fully saturated rings. The molecule has 0 bridgehead atoms. The van der Waals surface area contributed by atoms with E-state index in [4.69, 9.17) is 0 Å². The van der Waals surface area contributed by atoms with Crippen molar-refractivity contribution in [3.63, 3.8) is 0 Å². The molecule has 0 atom stereocenters. The van der Waals surface area contributed by atoms with Gasteiger partial charge in [-0.2, -0.15) is 0 Å². The van der Waals surface area contributed by atoms with E-state index >= 15 is 0 Å². The Hall–Kier alpha value is -2.17. The predicted octanol–water partition coefficient (Wildman–Crippen LogP) is 0.973. The molecule has 0 aliphatic carbocycles. The fraction of sp³-hybridized carbons (Fsp3) is 0.0909. The van der Waals surface area contributed by atoms with Crippen LogP contribution in [0, 0.1) is 12.7 Å². The molecule has 0 saturated carbocycles. The Morgan fingerprint density at radius 2 is 2.06 bits per heavy atom. The number of aromatic amines is 1. The average molecular weight is 220 g/mol. The second kappa shape index (κ2) is 3.77. The molecule has 16 heavy (non-hydrogen) atoms. The van der Waals surface area contributed by atoms with Crippen LogP contribution in [0.3, 0.4) is 0 Å². The first kappa shape index (κ1) is 10.4. The van der Waals surface area contributed by atoms with E-state index in [2.05, 4.69) is 4.98 Å². The summed E-state index contributed by atoms with van der Waals surface area (Å²) in [5, 5.41) is 0. The van der Waals surface area contributed by atoms with E-state index in [1.165, 1.54) is 18.5 Å². The summed E-state index contributed by atoms with van der Waals surface area (Å²) in [7, 11) is 0. The number of aromatic nitrogens is 2. The molecule has 1 aromatic carbocycles. The number of H-pyrrole nitrogens is 1. The summed E-state index contributed by atoms with van der Waals surface area (Å²) in [6.07, 6.45) is 2.72. The third kappa shape index (κ3) is 1.67. The molecule has 0 unspecified atom stereocenters. The van der Waals surface area contributed by atoms with Crippen molar-refractivity contribution in [3.8, 4) is 5.69 Å². The smallest absolute Gasteiger partial charge is 0.320 e. The van der Waals surface area contributed by atoms with Gasteiger partial charge in [0.1, 0.15) is 5.82 Å². The molecule has 0 spiro atoms. The normalized spacial score (nSPS) is 10.4. The quantitative estimate of drug-likeness (QED) is 0.728. The van der Waals surface area contributed by atoms with Crippen molar-refractivity contribution < 1.29 is 4.39 Å². The standard InChI is InChI=1S/C11H9FN2O2/c1-7-2-3-8(6-9(7)12)14-5-4-13-10(15)11(14)16/h2-6H,1H3,(H,13,15). The fourth-order valence-corrected chi connectivity index (χ4v) is 1.36. The second-order valence-corrected chi connectivity index (χ2v) is 3.40. The minimum Gasteiger partial charge on any atom is -0.323 e. The maximum atomic E-state index is 13.3. The lowest BCUT2D eigenvalue weighted by atomic mass is 10.2. The topological polar surface area (TPSA) is 54.9 Å². The number of nitrogens with one attached hydrogen (secondary N) is 1. The number of hydrogen-bond donors (Lipinski definition) is 1. The molecule has 1 N–H and O–H groups in total. The van der Waals surface area contributed by atoms with Crippen LogP contribution in [0.25, 0.3) is 5.69 Å². The summed E-state index contributed by atoms with van der Waals surface area (Å²) in [6, 6.07) is 4.35. The summed E-state index contributed by atoms with van der Waals surface area (Å²) in [6.45, 7) is 1.62. The molecule has 0 aliphatic rings. The number of nitrogens with zero attached hydrogens (tertiary/aromatic N) is 1. The van der Waals surface area contributed by atoms with Crippen molar-refractivity contribution in [3.05, 3.63) is 62.7 Å². The van der Waals surface area contributed by atoms with Crippen LogP contribution in [0.2, 0.25) is 0 Å². The lowest BCUT2D eigenvalue weighted by Gasteiger charge is -2.05. The number of benzene rings is 1. The molecule has 4 nitrogen and oxygen atoms in total. The average Bonchev–Trinajstić information content (AvgIpc) is 2.26. The predicted molar refractivity (Wildman–Crippen MR) is 57.4 cm³/mol. The second-order valence-electron chi connectivity index (χ2n) is 3.40. The summed E-state index contributed by atoms with van der Waals surface area (Å²) >= 11 is 0. The summed E-state index contributed by atoms with van der Waals surface area (Å²) < 4.78 is 14.4. The van der Waals surface area contributed by atoms with Gasteiger partial charge in [0.2, 0.25) is 0 Å². The van der Waals surface area contributed by atoms with E-state index in [1.54, 1.807) is 19.1 Å². The van der Waals surface area contributed by atoms with E-state index in [0.29, 0.717) is 11.3 Å². The zero-order valence-electron chi connectivity index (χ0n) is 8.53. The van der Waals surface area contributed by atoms with Crippen molar-refractivity contribution in [2.45, 2.75) is 6.92 Å². The molecule has 1 aromatic heterocycles. The Morgan fingerprint density at radius 3 is 2.75 bits per heavy atom. The zero-order valence-corrected chi connectivity index (χ0v) is 8.53. The van der Waals surface area contributed by atoms with Crippen molar-refractivity contribution in [2.24, 2.45) is 0 Å². The first-order valence-corrected chi connectivity index (χ1v) is 4.66. The first-order chi connectivity index (χ1) is 7.59. The van der Waals surface area contributed by atoms with Crippen LogP contribution in [0.4, 0.5) is 4.39 Å². The van der Waals surface area contributed by atoms with Crippen LogP contribution in [-0.2, 0) is 0 Å². The Bertz CT molecular complexity index is 643. The van der Waals surface area contributed by atoms with Crippen LogP contribution < -0.4 is 11.1 Å². The molecule has 2 aromatic rings. The van der Waals surface area contributed by atoms with E-state index in [0.717, 1.165) is 4.57 Å². The van der Waals surface area contributed by atoms with Crippen LogP contribution in [0.1, 0.15) is 5.56 Å². The van der Waals surface area contributed by atoms with Crippen LogP contribution >= 0.6 is 0 Å². The van der Waals surface area contributed by atoms with Gasteiger partial charge in [-0.1, -0.05) is 6.07 Å². The number of hydrogen-bond acceptors (Lipinski definition) is 2. The van der Waals surface area contributed by atoms with Gasteiger partial charge in [-0.25, -0.2) is 4.39 Å². The molecule has 0 saturated heterocycles. The molecular formula is C11H9FN2O2. The lowest BCUT2D eigenvalue weighted by Crippen LogP contribution is -2.34. The highest BCUT2D eigenvalue weighted by molar-refractivity contribution is 5.35. The highest BCUT2D eigenvalue weighted by atomic mass is 19.1.